The number of anilines is 1. The third-order valence-corrected chi connectivity index (χ3v) is 3.52. The summed E-state index contributed by atoms with van der Waals surface area (Å²) in [5.74, 6) is 0.869. The van der Waals surface area contributed by atoms with Gasteiger partial charge in [-0.3, -0.25) is 0 Å². The number of hydrogen-bond donors (Lipinski definition) is 1. The van der Waals surface area contributed by atoms with Gasteiger partial charge in [0.25, 0.3) is 0 Å². The van der Waals surface area contributed by atoms with Gasteiger partial charge < -0.3 is 10.0 Å². The van der Waals surface area contributed by atoms with Crippen LogP contribution in [-0.4, -0.2) is 18.2 Å². The number of hydrogen-bond acceptors (Lipinski definition) is 2. The second kappa shape index (κ2) is 4.88. The molecule has 1 atom stereocenters. The zero-order valence-corrected chi connectivity index (χ0v) is 10.2. The zero-order valence-electron chi connectivity index (χ0n) is 10.2. The van der Waals surface area contributed by atoms with Crippen LogP contribution >= 0.6 is 0 Å². The molecule has 0 aromatic heterocycles. The number of piperidine rings is 1. The first-order chi connectivity index (χ1) is 7.66. The average molecular weight is 219 g/mol. The summed E-state index contributed by atoms with van der Waals surface area (Å²) < 4.78 is 0. The monoisotopic (exact) mass is 219 g/mol. The van der Waals surface area contributed by atoms with E-state index in [1.54, 1.807) is 6.92 Å². The molecule has 0 unspecified atom stereocenters. The quantitative estimate of drug-likeness (QED) is 0.826. The Labute approximate surface area is 97.9 Å². The first-order valence-corrected chi connectivity index (χ1v) is 6.20. The molecule has 1 aromatic carbocycles. The lowest BCUT2D eigenvalue weighted by atomic mass is 9.98. The fourth-order valence-electron chi connectivity index (χ4n) is 2.23. The molecular weight excluding hydrogens is 198 g/mol. The lowest BCUT2D eigenvalue weighted by Gasteiger charge is -2.32. The Morgan fingerprint density at radius 1 is 1.19 bits per heavy atom. The molecular formula is C14H21NO. The van der Waals surface area contributed by atoms with Crippen LogP contribution < -0.4 is 4.90 Å². The Bertz CT molecular complexity index is 323. The van der Waals surface area contributed by atoms with E-state index in [9.17, 15) is 5.11 Å². The van der Waals surface area contributed by atoms with Crippen molar-refractivity contribution < 1.29 is 5.11 Å². The van der Waals surface area contributed by atoms with Gasteiger partial charge in [0.05, 0.1) is 6.10 Å². The van der Waals surface area contributed by atoms with E-state index in [1.807, 2.05) is 12.1 Å². The van der Waals surface area contributed by atoms with Crippen LogP contribution in [0.5, 0.6) is 0 Å². The van der Waals surface area contributed by atoms with E-state index in [0.29, 0.717) is 0 Å². The molecule has 0 aliphatic carbocycles. The van der Waals surface area contributed by atoms with Crippen molar-refractivity contribution in [2.75, 3.05) is 18.0 Å². The molecule has 1 N–H and O–H groups in total. The Balaban J connectivity index is 2.04. The molecule has 0 spiro atoms. The molecule has 2 rings (SSSR count). The summed E-state index contributed by atoms with van der Waals surface area (Å²) in [6.07, 6.45) is 2.21. The summed E-state index contributed by atoms with van der Waals surface area (Å²) in [4.78, 5) is 2.44. The summed E-state index contributed by atoms with van der Waals surface area (Å²) in [6, 6.07) is 8.30. The Hall–Kier alpha value is -1.02. The molecule has 1 aromatic rings. The smallest absolute Gasteiger partial charge is 0.0761 e. The van der Waals surface area contributed by atoms with Gasteiger partial charge in [0.1, 0.15) is 0 Å². The molecule has 1 fully saturated rings. The van der Waals surface area contributed by atoms with E-state index in [1.165, 1.54) is 18.5 Å². The molecule has 0 radical (unpaired) electrons. The van der Waals surface area contributed by atoms with E-state index in [4.69, 9.17) is 0 Å². The van der Waals surface area contributed by atoms with E-state index in [2.05, 4.69) is 24.0 Å². The van der Waals surface area contributed by atoms with Crippen LogP contribution in [0.1, 0.15) is 38.4 Å². The lowest BCUT2D eigenvalue weighted by Crippen LogP contribution is -2.32. The Kier molecular flexibility index (Phi) is 3.49. The van der Waals surface area contributed by atoms with Gasteiger partial charge >= 0.3 is 0 Å². The van der Waals surface area contributed by atoms with Gasteiger partial charge in [-0.05, 0) is 43.4 Å². The standard InChI is InChI=1S/C14H21NO/c1-11-7-9-15(10-8-11)14-5-3-13(4-6-14)12(2)16/h3-6,11-12,16H,7-10H2,1-2H3/t12-/m1/s1. The predicted molar refractivity (Wildman–Crippen MR) is 67.7 cm³/mol. The molecule has 2 heteroatoms. The highest BCUT2D eigenvalue weighted by Crippen LogP contribution is 2.24. The number of benzene rings is 1. The van der Waals surface area contributed by atoms with Crippen LogP contribution in [0.2, 0.25) is 0 Å². The highest BCUT2D eigenvalue weighted by Gasteiger charge is 2.15. The molecule has 16 heavy (non-hydrogen) atoms. The van der Waals surface area contributed by atoms with Crippen molar-refractivity contribution >= 4 is 5.69 Å². The SMILES string of the molecule is CC1CCN(c2ccc([C@@H](C)O)cc2)CC1. The van der Waals surface area contributed by atoms with Crippen LogP contribution in [0.15, 0.2) is 24.3 Å². The minimum Gasteiger partial charge on any atom is -0.389 e. The first kappa shape index (κ1) is 11.5. The molecule has 0 amide bonds. The fraction of sp³-hybridized carbons (Fsp3) is 0.571. The molecule has 0 bridgehead atoms. The summed E-state index contributed by atoms with van der Waals surface area (Å²) in [5, 5.41) is 9.45. The normalized spacial score (nSPS) is 19.8. The highest BCUT2D eigenvalue weighted by atomic mass is 16.3. The van der Waals surface area contributed by atoms with E-state index in [-0.39, 0.29) is 6.10 Å². The second-order valence-corrected chi connectivity index (χ2v) is 4.94. The minimum absolute atomic E-state index is 0.365. The second-order valence-electron chi connectivity index (χ2n) is 4.94. The molecule has 0 saturated carbocycles. The third-order valence-electron chi connectivity index (χ3n) is 3.52. The highest BCUT2D eigenvalue weighted by molar-refractivity contribution is 5.48. The van der Waals surface area contributed by atoms with Gasteiger partial charge in [-0.25, -0.2) is 0 Å². The van der Waals surface area contributed by atoms with Crippen molar-refractivity contribution in [2.24, 2.45) is 5.92 Å². The maximum Gasteiger partial charge on any atom is 0.0761 e. The summed E-state index contributed by atoms with van der Waals surface area (Å²) in [5.41, 5.74) is 2.28. The van der Waals surface area contributed by atoms with E-state index < -0.39 is 0 Å². The van der Waals surface area contributed by atoms with Gasteiger partial charge in [0.15, 0.2) is 0 Å². The minimum atomic E-state index is -0.365. The van der Waals surface area contributed by atoms with Gasteiger partial charge in [-0.2, -0.15) is 0 Å². The molecule has 1 aliphatic heterocycles. The summed E-state index contributed by atoms with van der Waals surface area (Å²) >= 11 is 0. The molecule has 1 saturated heterocycles. The average Bonchev–Trinajstić information content (AvgIpc) is 2.30. The first-order valence-electron chi connectivity index (χ1n) is 6.20. The predicted octanol–water partition coefficient (Wildman–Crippen LogP) is 2.98. The van der Waals surface area contributed by atoms with Crippen molar-refractivity contribution in [2.45, 2.75) is 32.8 Å². The van der Waals surface area contributed by atoms with Gasteiger partial charge in [-0.1, -0.05) is 19.1 Å². The molecule has 1 heterocycles. The van der Waals surface area contributed by atoms with Crippen LogP contribution in [-0.2, 0) is 0 Å². The Morgan fingerprint density at radius 3 is 2.25 bits per heavy atom. The number of rotatable bonds is 2. The van der Waals surface area contributed by atoms with Crippen molar-refractivity contribution in [3.8, 4) is 0 Å². The molecule has 88 valence electrons. The maximum absolute atomic E-state index is 9.45. The maximum atomic E-state index is 9.45. The van der Waals surface area contributed by atoms with Crippen molar-refractivity contribution in [3.63, 3.8) is 0 Å². The topological polar surface area (TPSA) is 23.5 Å². The zero-order chi connectivity index (χ0) is 11.5. The summed E-state index contributed by atoms with van der Waals surface area (Å²) in [6.45, 7) is 6.45. The summed E-state index contributed by atoms with van der Waals surface area (Å²) in [7, 11) is 0. The van der Waals surface area contributed by atoms with Crippen molar-refractivity contribution in [1.82, 2.24) is 0 Å². The van der Waals surface area contributed by atoms with Gasteiger partial charge in [0.2, 0.25) is 0 Å². The molecule has 1 aliphatic rings. The number of nitrogens with zero attached hydrogens (tertiary/aromatic N) is 1. The van der Waals surface area contributed by atoms with Crippen LogP contribution in [0.3, 0.4) is 0 Å². The number of aliphatic hydroxyl groups excluding tert-OH is 1. The van der Waals surface area contributed by atoms with Crippen LogP contribution in [0.4, 0.5) is 5.69 Å². The van der Waals surface area contributed by atoms with Crippen LogP contribution in [0.25, 0.3) is 0 Å². The van der Waals surface area contributed by atoms with E-state index in [0.717, 1.165) is 24.6 Å². The van der Waals surface area contributed by atoms with Crippen molar-refractivity contribution in [1.29, 1.82) is 0 Å². The van der Waals surface area contributed by atoms with Gasteiger partial charge in [-0.15, -0.1) is 0 Å². The third kappa shape index (κ3) is 2.56. The largest absolute Gasteiger partial charge is 0.389 e. The van der Waals surface area contributed by atoms with Crippen molar-refractivity contribution in [3.05, 3.63) is 29.8 Å². The van der Waals surface area contributed by atoms with E-state index >= 15 is 0 Å². The number of aliphatic hydroxyl groups is 1. The lowest BCUT2D eigenvalue weighted by molar-refractivity contribution is 0.199. The van der Waals surface area contributed by atoms with Gasteiger partial charge in [0, 0.05) is 18.8 Å². The molecule has 2 nitrogen and oxygen atoms in total. The van der Waals surface area contributed by atoms with Crippen LogP contribution in [0, 0.1) is 5.92 Å². The fourth-order valence-corrected chi connectivity index (χ4v) is 2.23. The Morgan fingerprint density at radius 2 is 1.75 bits per heavy atom.